The van der Waals surface area contributed by atoms with Gasteiger partial charge in [0.1, 0.15) is 11.5 Å². The fourth-order valence-corrected chi connectivity index (χ4v) is 1.85. The van der Waals surface area contributed by atoms with Crippen LogP contribution < -0.4 is 0 Å². The van der Waals surface area contributed by atoms with E-state index in [1.807, 2.05) is 24.3 Å². The summed E-state index contributed by atoms with van der Waals surface area (Å²) in [7, 11) is 0. The molecule has 72 valence electrons. The maximum absolute atomic E-state index is 5.99. The molecule has 3 nitrogen and oxygen atoms in total. The van der Waals surface area contributed by atoms with Gasteiger partial charge < -0.3 is 0 Å². The van der Waals surface area contributed by atoms with Crippen molar-refractivity contribution in [2.75, 3.05) is 0 Å². The minimum Gasteiger partial charge on any atom is -0.256 e. The van der Waals surface area contributed by atoms with Gasteiger partial charge in [0.25, 0.3) is 0 Å². The van der Waals surface area contributed by atoms with E-state index < -0.39 is 0 Å². The molecule has 3 rings (SSSR count). The number of hydrogen-bond acceptors (Lipinski definition) is 3. The Morgan fingerprint density at radius 2 is 1.87 bits per heavy atom. The van der Waals surface area contributed by atoms with Crippen molar-refractivity contribution in [2.24, 2.45) is 0 Å². The second kappa shape index (κ2) is 3.14. The standard InChI is InChI=1S/C11H6ClN3/c12-11-8-3-4-9-7(2-1-5-13-9)10(8)14-6-15-11/h1-6H. The Labute approximate surface area is 90.8 Å². The molecule has 0 unspecified atom stereocenters. The van der Waals surface area contributed by atoms with Crippen LogP contribution in [-0.4, -0.2) is 15.0 Å². The highest BCUT2D eigenvalue weighted by Gasteiger charge is 2.04. The van der Waals surface area contributed by atoms with E-state index in [-0.39, 0.29) is 0 Å². The largest absolute Gasteiger partial charge is 0.256 e. The van der Waals surface area contributed by atoms with Gasteiger partial charge in [-0.05, 0) is 24.3 Å². The summed E-state index contributed by atoms with van der Waals surface area (Å²) in [6, 6.07) is 7.69. The first-order valence-electron chi connectivity index (χ1n) is 4.50. The third-order valence-electron chi connectivity index (χ3n) is 2.34. The van der Waals surface area contributed by atoms with Crippen LogP contribution in [0.5, 0.6) is 0 Å². The molecule has 0 atom stereocenters. The fourth-order valence-electron chi connectivity index (χ4n) is 1.65. The van der Waals surface area contributed by atoms with E-state index in [2.05, 4.69) is 15.0 Å². The summed E-state index contributed by atoms with van der Waals surface area (Å²) >= 11 is 5.99. The van der Waals surface area contributed by atoms with E-state index in [0.29, 0.717) is 5.15 Å². The van der Waals surface area contributed by atoms with E-state index in [9.17, 15) is 0 Å². The van der Waals surface area contributed by atoms with Gasteiger partial charge in [-0.3, -0.25) is 4.98 Å². The molecule has 0 fully saturated rings. The summed E-state index contributed by atoms with van der Waals surface area (Å²) < 4.78 is 0. The lowest BCUT2D eigenvalue weighted by molar-refractivity contribution is 1.23. The van der Waals surface area contributed by atoms with Gasteiger partial charge in [-0.25, -0.2) is 9.97 Å². The van der Waals surface area contributed by atoms with Crippen LogP contribution in [0.1, 0.15) is 0 Å². The maximum Gasteiger partial charge on any atom is 0.140 e. The summed E-state index contributed by atoms with van der Waals surface area (Å²) in [4.78, 5) is 12.4. The molecule has 2 heterocycles. The molecule has 2 aromatic heterocycles. The van der Waals surface area contributed by atoms with Gasteiger partial charge in [0.2, 0.25) is 0 Å². The average molecular weight is 216 g/mol. The lowest BCUT2D eigenvalue weighted by atomic mass is 10.1. The topological polar surface area (TPSA) is 38.7 Å². The smallest absolute Gasteiger partial charge is 0.140 e. The number of benzene rings is 1. The maximum atomic E-state index is 5.99. The molecular formula is C11H6ClN3. The monoisotopic (exact) mass is 215 g/mol. The van der Waals surface area contributed by atoms with Crippen molar-refractivity contribution in [1.29, 1.82) is 0 Å². The normalized spacial score (nSPS) is 11.0. The van der Waals surface area contributed by atoms with Crippen molar-refractivity contribution in [3.05, 3.63) is 41.9 Å². The third kappa shape index (κ3) is 1.24. The number of fused-ring (bicyclic) bond motifs is 3. The Balaban J connectivity index is 2.60. The van der Waals surface area contributed by atoms with Crippen molar-refractivity contribution < 1.29 is 0 Å². The zero-order valence-electron chi connectivity index (χ0n) is 7.68. The molecule has 0 bridgehead atoms. The quantitative estimate of drug-likeness (QED) is 0.428. The fraction of sp³-hybridized carbons (Fsp3) is 0. The van der Waals surface area contributed by atoms with Crippen LogP contribution in [0.25, 0.3) is 21.8 Å². The first kappa shape index (κ1) is 8.56. The summed E-state index contributed by atoms with van der Waals surface area (Å²) in [5, 5.41) is 2.34. The molecule has 15 heavy (non-hydrogen) atoms. The molecule has 3 aromatic rings. The van der Waals surface area contributed by atoms with Gasteiger partial charge in [-0.1, -0.05) is 11.6 Å². The molecule has 0 amide bonds. The van der Waals surface area contributed by atoms with Crippen molar-refractivity contribution in [3.8, 4) is 0 Å². The molecule has 0 aliphatic carbocycles. The lowest BCUT2D eigenvalue weighted by Crippen LogP contribution is -1.86. The SMILES string of the molecule is Clc1ncnc2c1ccc1ncccc12. The second-order valence-corrected chi connectivity index (χ2v) is 3.55. The van der Waals surface area contributed by atoms with Crippen LogP contribution in [0, 0.1) is 0 Å². The predicted molar refractivity (Wildman–Crippen MR) is 59.8 cm³/mol. The van der Waals surface area contributed by atoms with Crippen LogP contribution in [0.4, 0.5) is 0 Å². The molecule has 0 saturated heterocycles. The molecule has 0 saturated carbocycles. The number of rotatable bonds is 0. The molecular weight excluding hydrogens is 210 g/mol. The summed E-state index contributed by atoms with van der Waals surface area (Å²) in [6.45, 7) is 0. The molecule has 1 aromatic carbocycles. The number of nitrogens with zero attached hydrogens (tertiary/aromatic N) is 3. The van der Waals surface area contributed by atoms with Crippen LogP contribution in [0.3, 0.4) is 0 Å². The summed E-state index contributed by atoms with van der Waals surface area (Å²) in [6.07, 6.45) is 3.23. The Bertz CT molecular complexity index is 651. The van der Waals surface area contributed by atoms with Gasteiger partial charge in [-0.2, -0.15) is 0 Å². The van der Waals surface area contributed by atoms with Gasteiger partial charge in [-0.15, -0.1) is 0 Å². The highest BCUT2D eigenvalue weighted by molar-refractivity contribution is 6.34. The summed E-state index contributed by atoms with van der Waals surface area (Å²) in [5.41, 5.74) is 1.76. The Hall–Kier alpha value is -1.74. The highest BCUT2D eigenvalue weighted by atomic mass is 35.5. The van der Waals surface area contributed by atoms with Crippen LogP contribution in [-0.2, 0) is 0 Å². The van der Waals surface area contributed by atoms with E-state index in [0.717, 1.165) is 21.8 Å². The molecule has 0 aliphatic heterocycles. The highest BCUT2D eigenvalue weighted by Crippen LogP contribution is 2.25. The van der Waals surface area contributed by atoms with Crippen LogP contribution in [0.2, 0.25) is 5.15 Å². The molecule has 0 aliphatic rings. The average Bonchev–Trinajstić information content (AvgIpc) is 2.29. The number of hydrogen-bond donors (Lipinski definition) is 0. The zero-order chi connectivity index (χ0) is 10.3. The van der Waals surface area contributed by atoms with E-state index in [1.165, 1.54) is 6.33 Å². The summed E-state index contributed by atoms with van der Waals surface area (Å²) in [5.74, 6) is 0. The first-order chi connectivity index (χ1) is 7.36. The Morgan fingerprint density at radius 1 is 0.933 bits per heavy atom. The minimum absolute atomic E-state index is 0.478. The zero-order valence-corrected chi connectivity index (χ0v) is 8.44. The number of pyridine rings is 1. The minimum atomic E-state index is 0.478. The molecule has 0 spiro atoms. The molecule has 0 N–H and O–H groups in total. The van der Waals surface area contributed by atoms with Crippen LogP contribution in [0.15, 0.2) is 36.8 Å². The van der Waals surface area contributed by atoms with Crippen molar-refractivity contribution in [3.63, 3.8) is 0 Å². The van der Waals surface area contributed by atoms with E-state index in [1.54, 1.807) is 6.20 Å². The van der Waals surface area contributed by atoms with Gasteiger partial charge in [0, 0.05) is 17.0 Å². The van der Waals surface area contributed by atoms with E-state index >= 15 is 0 Å². The molecule has 4 heteroatoms. The second-order valence-electron chi connectivity index (χ2n) is 3.20. The first-order valence-corrected chi connectivity index (χ1v) is 4.88. The number of aromatic nitrogens is 3. The van der Waals surface area contributed by atoms with Crippen molar-refractivity contribution in [2.45, 2.75) is 0 Å². The van der Waals surface area contributed by atoms with Crippen LogP contribution >= 0.6 is 11.6 Å². The molecule has 0 radical (unpaired) electrons. The Morgan fingerprint density at radius 3 is 2.80 bits per heavy atom. The van der Waals surface area contributed by atoms with Gasteiger partial charge in [0.15, 0.2) is 0 Å². The Kier molecular flexibility index (Phi) is 1.79. The third-order valence-corrected chi connectivity index (χ3v) is 2.64. The van der Waals surface area contributed by atoms with Gasteiger partial charge in [0.05, 0.1) is 11.0 Å². The lowest BCUT2D eigenvalue weighted by Gasteiger charge is -2.02. The predicted octanol–water partition coefficient (Wildman–Crippen LogP) is 2.83. The van der Waals surface area contributed by atoms with Crippen molar-refractivity contribution >= 4 is 33.4 Å². The van der Waals surface area contributed by atoms with E-state index in [4.69, 9.17) is 11.6 Å². The van der Waals surface area contributed by atoms with Crippen molar-refractivity contribution in [1.82, 2.24) is 15.0 Å². The van der Waals surface area contributed by atoms with Gasteiger partial charge >= 0.3 is 0 Å². The number of halogens is 1.